The molecule has 2 fully saturated rings. The van der Waals surface area contributed by atoms with Crippen LogP contribution in [0.1, 0.15) is 15.9 Å². The highest BCUT2D eigenvalue weighted by atomic mass is 16.5. The van der Waals surface area contributed by atoms with Crippen LogP contribution in [0.4, 0.5) is 5.82 Å². The molecule has 5 rings (SSSR count). The van der Waals surface area contributed by atoms with Gasteiger partial charge in [-0.15, -0.1) is 0 Å². The van der Waals surface area contributed by atoms with Gasteiger partial charge >= 0.3 is 0 Å². The van der Waals surface area contributed by atoms with Gasteiger partial charge in [0.2, 0.25) is 0 Å². The molecule has 7 nitrogen and oxygen atoms in total. The van der Waals surface area contributed by atoms with E-state index in [4.69, 9.17) is 13.9 Å². The van der Waals surface area contributed by atoms with E-state index in [0.717, 1.165) is 36.3 Å². The van der Waals surface area contributed by atoms with Crippen molar-refractivity contribution in [3.63, 3.8) is 0 Å². The largest absolute Gasteiger partial charge is 0.464 e. The third-order valence-electron chi connectivity index (χ3n) is 6.05. The van der Waals surface area contributed by atoms with E-state index < -0.39 is 0 Å². The number of carbonyl (C=O) groups excluding carboxylic acids is 1. The van der Waals surface area contributed by atoms with Crippen molar-refractivity contribution in [3.8, 4) is 0 Å². The zero-order chi connectivity index (χ0) is 21.0. The summed E-state index contributed by atoms with van der Waals surface area (Å²) >= 11 is 0. The number of fused-ring (bicyclic) bond motifs is 1. The summed E-state index contributed by atoms with van der Waals surface area (Å²) in [7, 11) is 0. The molecule has 162 valence electrons. The summed E-state index contributed by atoms with van der Waals surface area (Å²) in [5.41, 5.74) is 2.80. The number of anilines is 1. The number of carbonyl (C=O) groups is 1. The summed E-state index contributed by atoms with van der Waals surface area (Å²) in [5, 5.41) is 1.13. The number of hydrogen-bond donors (Lipinski definition) is 0. The standard InChI is InChI=1S/C24H27N3O4/c28-24(20-4-6-25-23(15-20)26-7-11-29-12-8-26)27-9-13-30-17-18(16-27)14-19-2-1-3-22-21(19)5-10-31-22/h1-6,10,15,18H,7-9,11-14,16-17H2/t18-/m0/s1. The number of pyridine rings is 1. The molecule has 31 heavy (non-hydrogen) atoms. The molecule has 0 spiro atoms. The van der Waals surface area contributed by atoms with Gasteiger partial charge in [0.25, 0.3) is 5.91 Å². The second-order valence-corrected chi connectivity index (χ2v) is 8.15. The maximum absolute atomic E-state index is 13.3. The maximum Gasteiger partial charge on any atom is 0.254 e. The van der Waals surface area contributed by atoms with Gasteiger partial charge in [-0.25, -0.2) is 4.98 Å². The molecule has 4 heterocycles. The van der Waals surface area contributed by atoms with Crippen LogP contribution in [0.2, 0.25) is 0 Å². The van der Waals surface area contributed by atoms with E-state index >= 15 is 0 Å². The van der Waals surface area contributed by atoms with Crippen LogP contribution in [0.15, 0.2) is 53.3 Å². The molecule has 1 aromatic carbocycles. The van der Waals surface area contributed by atoms with E-state index in [-0.39, 0.29) is 11.8 Å². The van der Waals surface area contributed by atoms with E-state index in [2.05, 4.69) is 16.0 Å². The number of morpholine rings is 1. The third kappa shape index (κ3) is 4.43. The predicted molar refractivity (Wildman–Crippen MR) is 117 cm³/mol. The number of nitrogens with zero attached hydrogens (tertiary/aromatic N) is 3. The van der Waals surface area contributed by atoms with Crippen LogP contribution in [0.5, 0.6) is 0 Å². The Morgan fingerprint density at radius 1 is 1.06 bits per heavy atom. The lowest BCUT2D eigenvalue weighted by Crippen LogP contribution is -2.38. The van der Waals surface area contributed by atoms with E-state index in [1.807, 2.05) is 29.2 Å². The molecular weight excluding hydrogens is 394 g/mol. The van der Waals surface area contributed by atoms with Crippen LogP contribution in [0.3, 0.4) is 0 Å². The van der Waals surface area contributed by atoms with E-state index in [0.29, 0.717) is 45.1 Å². The number of amides is 1. The Balaban J connectivity index is 1.31. The third-order valence-corrected chi connectivity index (χ3v) is 6.05. The molecule has 2 aliphatic rings. The van der Waals surface area contributed by atoms with Crippen molar-refractivity contribution in [3.05, 3.63) is 60.0 Å². The minimum Gasteiger partial charge on any atom is -0.464 e. The monoisotopic (exact) mass is 421 g/mol. The predicted octanol–water partition coefficient (Wildman–Crippen LogP) is 3.00. The molecule has 0 saturated carbocycles. The van der Waals surface area contributed by atoms with Crippen LogP contribution in [0, 0.1) is 5.92 Å². The summed E-state index contributed by atoms with van der Waals surface area (Å²) in [4.78, 5) is 21.9. The van der Waals surface area contributed by atoms with Crippen molar-refractivity contribution >= 4 is 22.7 Å². The van der Waals surface area contributed by atoms with Crippen molar-refractivity contribution in [2.24, 2.45) is 5.92 Å². The molecule has 0 radical (unpaired) electrons. The Labute approximate surface area is 181 Å². The van der Waals surface area contributed by atoms with Gasteiger partial charge in [-0.2, -0.15) is 0 Å². The smallest absolute Gasteiger partial charge is 0.254 e. The first-order valence-electron chi connectivity index (χ1n) is 10.9. The number of ether oxygens (including phenoxy) is 2. The van der Waals surface area contributed by atoms with Crippen molar-refractivity contribution in [2.75, 3.05) is 57.5 Å². The van der Waals surface area contributed by atoms with Crippen LogP contribution in [-0.2, 0) is 15.9 Å². The van der Waals surface area contributed by atoms with Crippen LogP contribution in [0.25, 0.3) is 11.0 Å². The first-order chi connectivity index (χ1) is 15.3. The zero-order valence-corrected chi connectivity index (χ0v) is 17.5. The van der Waals surface area contributed by atoms with Crippen molar-refractivity contribution in [2.45, 2.75) is 6.42 Å². The Bertz CT molecular complexity index is 1040. The quantitative estimate of drug-likeness (QED) is 0.645. The van der Waals surface area contributed by atoms with Gasteiger partial charge in [-0.3, -0.25) is 4.79 Å². The lowest BCUT2D eigenvalue weighted by Gasteiger charge is -2.28. The van der Waals surface area contributed by atoms with Gasteiger partial charge in [0, 0.05) is 49.2 Å². The Morgan fingerprint density at radius 3 is 2.84 bits per heavy atom. The Kier molecular flexibility index (Phi) is 5.86. The molecule has 0 aliphatic carbocycles. The minimum absolute atomic E-state index is 0.0360. The number of hydrogen-bond acceptors (Lipinski definition) is 6. The molecule has 1 atom stereocenters. The van der Waals surface area contributed by atoms with Gasteiger partial charge < -0.3 is 23.7 Å². The van der Waals surface area contributed by atoms with E-state index in [1.165, 1.54) is 5.56 Å². The van der Waals surface area contributed by atoms with Crippen LogP contribution >= 0.6 is 0 Å². The second kappa shape index (κ2) is 9.08. The van der Waals surface area contributed by atoms with E-state index in [9.17, 15) is 4.79 Å². The van der Waals surface area contributed by atoms with Gasteiger partial charge in [-0.1, -0.05) is 12.1 Å². The summed E-state index contributed by atoms with van der Waals surface area (Å²) in [6.45, 7) is 5.44. The van der Waals surface area contributed by atoms with Crippen molar-refractivity contribution in [1.82, 2.24) is 9.88 Å². The normalized spacial score (nSPS) is 20.1. The molecule has 0 bridgehead atoms. The van der Waals surface area contributed by atoms with Crippen LogP contribution in [-0.4, -0.2) is 68.4 Å². The maximum atomic E-state index is 13.3. The number of furan rings is 1. The second-order valence-electron chi connectivity index (χ2n) is 8.15. The fourth-order valence-corrected chi connectivity index (χ4v) is 4.43. The number of aromatic nitrogens is 1. The zero-order valence-electron chi connectivity index (χ0n) is 17.5. The van der Waals surface area contributed by atoms with Crippen molar-refractivity contribution in [1.29, 1.82) is 0 Å². The Morgan fingerprint density at radius 2 is 1.94 bits per heavy atom. The molecule has 2 aliphatic heterocycles. The highest BCUT2D eigenvalue weighted by Gasteiger charge is 2.25. The van der Waals surface area contributed by atoms with Gasteiger partial charge in [0.05, 0.1) is 32.7 Å². The van der Waals surface area contributed by atoms with E-state index in [1.54, 1.807) is 18.5 Å². The average molecular weight is 421 g/mol. The van der Waals surface area contributed by atoms with Gasteiger partial charge in [-0.05, 0) is 36.2 Å². The summed E-state index contributed by atoms with van der Waals surface area (Å²) in [5.74, 6) is 1.10. The molecular formula is C24H27N3O4. The number of rotatable bonds is 4. The molecule has 1 amide bonds. The molecule has 3 aromatic rings. The fraction of sp³-hybridized carbons (Fsp3) is 0.417. The molecule has 2 aromatic heterocycles. The lowest BCUT2D eigenvalue weighted by atomic mass is 9.97. The Hall–Kier alpha value is -2.90. The highest BCUT2D eigenvalue weighted by molar-refractivity contribution is 5.95. The van der Waals surface area contributed by atoms with Crippen molar-refractivity contribution < 1.29 is 18.7 Å². The van der Waals surface area contributed by atoms with Gasteiger partial charge in [0.1, 0.15) is 11.4 Å². The number of benzene rings is 1. The fourth-order valence-electron chi connectivity index (χ4n) is 4.43. The van der Waals surface area contributed by atoms with Gasteiger partial charge in [0.15, 0.2) is 0 Å². The molecule has 0 unspecified atom stereocenters. The first kappa shape index (κ1) is 20.0. The molecule has 0 N–H and O–H groups in total. The topological polar surface area (TPSA) is 68.0 Å². The minimum atomic E-state index is 0.0360. The summed E-state index contributed by atoms with van der Waals surface area (Å²) < 4.78 is 16.8. The lowest BCUT2D eigenvalue weighted by molar-refractivity contribution is 0.0737. The SMILES string of the molecule is O=C(c1ccnc(N2CCOCC2)c1)N1CCOC[C@@H](Cc2cccc3occc23)C1. The summed E-state index contributed by atoms with van der Waals surface area (Å²) in [6.07, 6.45) is 4.29. The first-order valence-corrected chi connectivity index (χ1v) is 10.9. The molecule has 2 saturated heterocycles. The highest BCUT2D eigenvalue weighted by Crippen LogP contribution is 2.24. The summed E-state index contributed by atoms with van der Waals surface area (Å²) in [6, 6.07) is 11.8. The molecule has 7 heteroatoms. The van der Waals surface area contributed by atoms with Crippen LogP contribution < -0.4 is 4.90 Å². The average Bonchev–Trinajstić information content (AvgIpc) is 3.19.